The van der Waals surface area contributed by atoms with Crippen LogP contribution in [0.15, 0.2) is 18.2 Å². The van der Waals surface area contributed by atoms with Crippen LogP contribution in [-0.4, -0.2) is 38.2 Å². The van der Waals surface area contributed by atoms with E-state index in [9.17, 15) is 18.4 Å². The fourth-order valence-electron chi connectivity index (χ4n) is 1.51. The molecule has 1 aromatic rings. The number of nitrogens with one attached hydrogen (secondary N) is 1. The molecule has 0 saturated heterocycles. The first-order chi connectivity index (χ1) is 11.0. The van der Waals surface area contributed by atoms with Crippen molar-refractivity contribution in [1.29, 1.82) is 0 Å². The van der Waals surface area contributed by atoms with Gasteiger partial charge in [-0.25, -0.2) is 4.79 Å². The van der Waals surface area contributed by atoms with Crippen LogP contribution in [0.2, 0.25) is 0 Å². The Labute approximate surface area is 131 Å². The lowest BCUT2D eigenvalue weighted by Crippen LogP contribution is -2.29. The Morgan fingerprint density at radius 1 is 1.35 bits per heavy atom. The average molecular weight is 327 g/mol. The molecule has 0 spiro atoms. The van der Waals surface area contributed by atoms with Crippen LogP contribution >= 0.6 is 0 Å². The molecule has 1 amide bonds. The molecule has 0 aromatic heterocycles. The van der Waals surface area contributed by atoms with Gasteiger partial charge in [0.15, 0.2) is 18.1 Å². The molecule has 0 aliphatic carbocycles. The van der Waals surface area contributed by atoms with Gasteiger partial charge in [0.1, 0.15) is 0 Å². The molecule has 0 fully saturated rings. The number of alkyl halides is 2. The lowest BCUT2D eigenvalue weighted by molar-refractivity contribution is -0.123. The van der Waals surface area contributed by atoms with Gasteiger partial charge < -0.3 is 19.5 Å². The van der Waals surface area contributed by atoms with Gasteiger partial charge in [0, 0.05) is 0 Å². The third-order valence-corrected chi connectivity index (χ3v) is 2.42. The minimum Gasteiger partial charge on any atom is -0.490 e. The van der Waals surface area contributed by atoms with Crippen molar-refractivity contribution >= 4 is 11.9 Å². The first-order valence-electron chi connectivity index (χ1n) is 6.56. The van der Waals surface area contributed by atoms with E-state index in [1.807, 2.05) is 0 Å². The Kier molecular flexibility index (Phi) is 7.33. The second-order valence-electron chi connectivity index (χ2n) is 4.03. The highest BCUT2D eigenvalue weighted by Gasteiger charge is 2.16. The fraction of sp³-hybridized carbons (Fsp3) is 0.333. The van der Waals surface area contributed by atoms with Crippen LogP contribution in [-0.2, 0) is 9.53 Å². The number of hydrogen-bond acceptors (Lipinski definition) is 5. The standard InChI is InChI=1S/C15H15F2NO5/c1-3-7-18-13(19)9-22-14(20)10-5-6-11(23-15(16)17)12(8-10)21-4-2/h1,5-6,8,15H,4,7,9H2,2H3,(H,18,19). The Bertz CT molecular complexity index is 598. The van der Waals surface area contributed by atoms with Crippen molar-refractivity contribution in [2.75, 3.05) is 19.8 Å². The minimum absolute atomic E-state index is 0.0184. The van der Waals surface area contributed by atoms with Crippen LogP contribution in [0.25, 0.3) is 0 Å². The van der Waals surface area contributed by atoms with E-state index in [-0.39, 0.29) is 30.2 Å². The zero-order chi connectivity index (χ0) is 17.2. The summed E-state index contributed by atoms with van der Waals surface area (Å²) in [6.07, 6.45) is 4.97. The van der Waals surface area contributed by atoms with E-state index in [0.717, 1.165) is 6.07 Å². The zero-order valence-corrected chi connectivity index (χ0v) is 12.3. The van der Waals surface area contributed by atoms with E-state index in [0.29, 0.717) is 0 Å². The molecule has 0 radical (unpaired) electrons. The van der Waals surface area contributed by atoms with Gasteiger partial charge in [-0.2, -0.15) is 8.78 Å². The summed E-state index contributed by atoms with van der Waals surface area (Å²) >= 11 is 0. The largest absolute Gasteiger partial charge is 0.490 e. The Balaban J connectivity index is 2.75. The van der Waals surface area contributed by atoms with Gasteiger partial charge >= 0.3 is 12.6 Å². The van der Waals surface area contributed by atoms with Gasteiger partial charge in [0.2, 0.25) is 0 Å². The quantitative estimate of drug-likeness (QED) is 0.580. The van der Waals surface area contributed by atoms with Crippen LogP contribution in [0.4, 0.5) is 8.78 Å². The van der Waals surface area contributed by atoms with Gasteiger partial charge in [-0.1, -0.05) is 5.92 Å². The number of hydrogen-bond donors (Lipinski definition) is 1. The lowest BCUT2D eigenvalue weighted by Gasteiger charge is -2.12. The number of esters is 1. The van der Waals surface area contributed by atoms with E-state index in [1.165, 1.54) is 12.1 Å². The average Bonchev–Trinajstić information content (AvgIpc) is 2.52. The third kappa shape index (κ3) is 6.22. The molecule has 1 aromatic carbocycles. The number of ether oxygens (including phenoxy) is 3. The monoisotopic (exact) mass is 327 g/mol. The predicted octanol–water partition coefficient (Wildman–Crippen LogP) is 1.59. The first-order valence-corrected chi connectivity index (χ1v) is 6.56. The van der Waals surface area contributed by atoms with Gasteiger partial charge in [-0.15, -0.1) is 6.42 Å². The highest BCUT2D eigenvalue weighted by molar-refractivity contribution is 5.92. The normalized spacial score (nSPS) is 9.87. The maximum atomic E-state index is 12.3. The Morgan fingerprint density at radius 2 is 2.09 bits per heavy atom. The second-order valence-corrected chi connectivity index (χ2v) is 4.03. The van der Waals surface area contributed by atoms with Crippen molar-refractivity contribution < 1.29 is 32.6 Å². The van der Waals surface area contributed by atoms with Crippen molar-refractivity contribution in [3.05, 3.63) is 23.8 Å². The first kappa shape index (κ1) is 18.2. The Hall–Kier alpha value is -2.82. The molecule has 0 heterocycles. The number of halogens is 2. The van der Waals surface area contributed by atoms with Crippen LogP contribution in [0.1, 0.15) is 17.3 Å². The molecule has 124 valence electrons. The molecule has 0 saturated carbocycles. The topological polar surface area (TPSA) is 73.9 Å². The summed E-state index contributed by atoms with van der Waals surface area (Å²) in [5.74, 6) is 0.594. The molecule has 23 heavy (non-hydrogen) atoms. The van der Waals surface area contributed by atoms with Crippen LogP contribution in [0.3, 0.4) is 0 Å². The molecule has 0 atom stereocenters. The number of amides is 1. The summed E-state index contributed by atoms with van der Waals surface area (Å²) in [6, 6.07) is 3.58. The van der Waals surface area contributed by atoms with Crippen LogP contribution in [0.5, 0.6) is 11.5 Å². The zero-order valence-electron chi connectivity index (χ0n) is 12.3. The second kappa shape index (κ2) is 9.25. The highest BCUT2D eigenvalue weighted by Crippen LogP contribution is 2.30. The molecular formula is C15H15F2NO5. The van der Waals surface area contributed by atoms with Crippen molar-refractivity contribution in [2.45, 2.75) is 13.5 Å². The molecular weight excluding hydrogens is 312 g/mol. The third-order valence-electron chi connectivity index (χ3n) is 2.42. The predicted molar refractivity (Wildman–Crippen MR) is 76.4 cm³/mol. The van der Waals surface area contributed by atoms with Crippen LogP contribution in [0, 0.1) is 12.3 Å². The van der Waals surface area contributed by atoms with Crippen molar-refractivity contribution in [1.82, 2.24) is 5.32 Å². The summed E-state index contributed by atoms with van der Waals surface area (Å²) in [6.45, 7) is -1.68. The van der Waals surface area contributed by atoms with E-state index in [1.54, 1.807) is 6.92 Å². The summed E-state index contributed by atoms with van der Waals surface area (Å²) in [4.78, 5) is 23.1. The molecule has 0 aliphatic heterocycles. The van der Waals surface area contributed by atoms with Crippen LogP contribution < -0.4 is 14.8 Å². The van der Waals surface area contributed by atoms with Crippen molar-refractivity contribution in [3.63, 3.8) is 0 Å². The molecule has 0 aliphatic rings. The molecule has 8 heteroatoms. The number of rotatable bonds is 8. The maximum Gasteiger partial charge on any atom is 0.387 e. The molecule has 0 bridgehead atoms. The molecule has 6 nitrogen and oxygen atoms in total. The van der Waals surface area contributed by atoms with Gasteiger partial charge in [-0.3, -0.25) is 4.79 Å². The van der Waals surface area contributed by atoms with Crippen molar-refractivity contribution in [2.24, 2.45) is 0 Å². The van der Waals surface area contributed by atoms with E-state index in [2.05, 4.69) is 16.0 Å². The minimum atomic E-state index is -3.02. The number of carbonyl (C=O) groups excluding carboxylic acids is 2. The van der Waals surface area contributed by atoms with E-state index < -0.39 is 25.1 Å². The SMILES string of the molecule is C#CCNC(=O)COC(=O)c1ccc(OC(F)F)c(OCC)c1. The van der Waals surface area contributed by atoms with E-state index in [4.69, 9.17) is 15.9 Å². The molecule has 1 rings (SSSR count). The van der Waals surface area contributed by atoms with Gasteiger partial charge in [0.05, 0.1) is 18.7 Å². The van der Waals surface area contributed by atoms with E-state index >= 15 is 0 Å². The fourth-order valence-corrected chi connectivity index (χ4v) is 1.51. The Morgan fingerprint density at radius 3 is 2.70 bits per heavy atom. The molecule has 0 unspecified atom stereocenters. The highest BCUT2D eigenvalue weighted by atomic mass is 19.3. The van der Waals surface area contributed by atoms with Gasteiger partial charge in [0.25, 0.3) is 5.91 Å². The lowest BCUT2D eigenvalue weighted by atomic mass is 10.2. The van der Waals surface area contributed by atoms with Gasteiger partial charge in [-0.05, 0) is 25.1 Å². The number of benzene rings is 1. The smallest absolute Gasteiger partial charge is 0.387 e. The summed E-state index contributed by atoms with van der Waals surface area (Å²) in [7, 11) is 0. The number of carbonyl (C=O) groups is 2. The molecule has 1 N–H and O–H groups in total. The summed E-state index contributed by atoms with van der Waals surface area (Å²) < 4.78 is 38.8. The summed E-state index contributed by atoms with van der Waals surface area (Å²) in [5.41, 5.74) is 0.0276. The van der Waals surface area contributed by atoms with Crippen molar-refractivity contribution in [3.8, 4) is 23.8 Å². The maximum absolute atomic E-state index is 12.3. The number of terminal acetylenes is 1. The summed E-state index contributed by atoms with van der Waals surface area (Å²) in [5, 5.41) is 2.32.